The molecule has 2 aliphatic rings. The van der Waals surface area contributed by atoms with Gasteiger partial charge in [-0.15, -0.1) is 0 Å². The molecule has 1 aromatic carbocycles. The Bertz CT molecular complexity index is 834. The van der Waals surface area contributed by atoms with Crippen LogP contribution in [0.25, 0.3) is 0 Å². The van der Waals surface area contributed by atoms with E-state index in [1.54, 1.807) is 18.4 Å². The summed E-state index contributed by atoms with van der Waals surface area (Å²) in [6.07, 6.45) is 0.805. The normalized spacial score (nSPS) is 25.0. The maximum Gasteiger partial charge on any atom is 0.253 e. The zero-order valence-electron chi connectivity index (χ0n) is 15.7. The molecule has 0 unspecified atom stereocenters. The average Bonchev–Trinajstić information content (AvgIpc) is 3.38. The van der Waals surface area contributed by atoms with E-state index in [-0.39, 0.29) is 17.7 Å². The summed E-state index contributed by atoms with van der Waals surface area (Å²) in [5.41, 5.74) is 2.23. The van der Waals surface area contributed by atoms with Crippen molar-refractivity contribution in [3.05, 3.63) is 52.2 Å². The van der Waals surface area contributed by atoms with Crippen LogP contribution in [0.4, 0.5) is 5.69 Å². The predicted molar refractivity (Wildman–Crippen MR) is 106 cm³/mol. The summed E-state index contributed by atoms with van der Waals surface area (Å²) in [4.78, 5) is 30.0. The van der Waals surface area contributed by atoms with Crippen molar-refractivity contribution in [3.63, 3.8) is 0 Å². The summed E-state index contributed by atoms with van der Waals surface area (Å²) in [5.74, 6) is 0.328. The van der Waals surface area contributed by atoms with E-state index >= 15 is 0 Å². The number of rotatable bonds is 4. The lowest BCUT2D eigenvalue weighted by Crippen LogP contribution is -2.40. The van der Waals surface area contributed by atoms with Crippen LogP contribution in [-0.2, 0) is 16.1 Å². The van der Waals surface area contributed by atoms with E-state index in [1.807, 2.05) is 50.9 Å². The SMILES string of the molecule is COCc1ccc(C(=O)N2C[C@@H](C)[C@@]3(CCN(c4ccsc4)C3=O)C2)cc1. The molecule has 0 radical (unpaired) electrons. The molecule has 4 rings (SSSR count). The fourth-order valence-electron chi connectivity index (χ4n) is 4.36. The number of carbonyl (C=O) groups is 2. The van der Waals surface area contributed by atoms with Crippen LogP contribution >= 0.6 is 11.3 Å². The number of amides is 2. The van der Waals surface area contributed by atoms with Crippen LogP contribution < -0.4 is 4.90 Å². The molecular weight excluding hydrogens is 360 g/mol. The van der Waals surface area contributed by atoms with Crippen molar-refractivity contribution < 1.29 is 14.3 Å². The molecule has 2 aliphatic heterocycles. The Morgan fingerprint density at radius 1 is 1.30 bits per heavy atom. The number of hydrogen-bond donors (Lipinski definition) is 0. The first kappa shape index (κ1) is 18.2. The molecule has 2 atom stereocenters. The van der Waals surface area contributed by atoms with Crippen molar-refractivity contribution in [1.29, 1.82) is 0 Å². The second-order valence-corrected chi connectivity index (χ2v) is 8.34. The Morgan fingerprint density at radius 3 is 2.74 bits per heavy atom. The quantitative estimate of drug-likeness (QED) is 0.812. The smallest absolute Gasteiger partial charge is 0.253 e. The Morgan fingerprint density at radius 2 is 2.07 bits per heavy atom. The number of hydrogen-bond acceptors (Lipinski definition) is 4. The van der Waals surface area contributed by atoms with E-state index in [0.717, 1.165) is 24.2 Å². The number of methoxy groups -OCH3 is 1. The van der Waals surface area contributed by atoms with Gasteiger partial charge in [0.15, 0.2) is 0 Å². The molecule has 0 saturated carbocycles. The maximum absolute atomic E-state index is 13.2. The highest BCUT2D eigenvalue weighted by Gasteiger charge is 2.56. The van der Waals surface area contributed by atoms with Crippen LogP contribution in [0.1, 0.15) is 29.3 Å². The first-order valence-electron chi connectivity index (χ1n) is 9.26. The number of likely N-dealkylation sites (tertiary alicyclic amines) is 1. The van der Waals surface area contributed by atoms with Gasteiger partial charge in [0.05, 0.1) is 17.7 Å². The maximum atomic E-state index is 13.2. The fourth-order valence-corrected chi connectivity index (χ4v) is 5.01. The van der Waals surface area contributed by atoms with Gasteiger partial charge in [-0.05, 0) is 41.5 Å². The van der Waals surface area contributed by atoms with Gasteiger partial charge in [-0.25, -0.2) is 0 Å². The van der Waals surface area contributed by atoms with Crippen molar-refractivity contribution in [2.75, 3.05) is 31.6 Å². The van der Waals surface area contributed by atoms with Gasteiger partial charge in [0, 0.05) is 37.7 Å². The van der Waals surface area contributed by atoms with Gasteiger partial charge >= 0.3 is 0 Å². The van der Waals surface area contributed by atoms with Crippen LogP contribution in [0, 0.1) is 11.3 Å². The minimum Gasteiger partial charge on any atom is -0.380 e. The van der Waals surface area contributed by atoms with E-state index in [4.69, 9.17) is 4.74 Å². The summed E-state index contributed by atoms with van der Waals surface area (Å²) in [7, 11) is 1.65. The molecule has 2 aromatic rings. The summed E-state index contributed by atoms with van der Waals surface area (Å²) in [5, 5.41) is 4.01. The molecular formula is C21H24N2O3S. The van der Waals surface area contributed by atoms with Gasteiger partial charge < -0.3 is 14.5 Å². The fraction of sp³-hybridized carbons (Fsp3) is 0.429. The molecule has 0 bridgehead atoms. The number of anilines is 1. The van der Waals surface area contributed by atoms with E-state index in [2.05, 4.69) is 6.92 Å². The second kappa shape index (κ2) is 7.09. The highest BCUT2D eigenvalue weighted by molar-refractivity contribution is 7.08. The van der Waals surface area contributed by atoms with E-state index < -0.39 is 5.41 Å². The van der Waals surface area contributed by atoms with Crippen molar-refractivity contribution in [2.24, 2.45) is 11.3 Å². The molecule has 0 N–H and O–H groups in total. The summed E-state index contributed by atoms with van der Waals surface area (Å²) < 4.78 is 5.12. The van der Waals surface area contributed by atoms with E-state index in [9.17, 15) is 9.59 Å². The summed E-state index contributed by atoms with van der Waals surface area (Å²) in [6.45, 7) is 4.50. The minimum absolute atomic E-state index is 0.00414. The first-order valence-corrected chi connectivity index (χ1v) is 10.2. The monoisotopic (exact) mass is 384 g/mol. The van der Waals surface area contributed by atoms with Gasteiger partial charge in [0.2, 0.25) is 5.91 Å². The molecule has 1 spiro atoms. The van der Waals surface area contributed by atoms with Crippen molar-refractivity contribution >= 4 is 28.8 Å². The molecule has 27 heavy (non-hydrogen) atoms. The van der Waals surface area contributed by atoms with Crippen LogP contribution in [-0.4, -0.2) is 43.5 Å². The molecule has 2 saturated heterocycles. The third-order valence-corrected chi connectivity index (χ3v) is 6.65. The number of benzene rings is 1. The van der Waals surface area contributed by atoms with Gasteiger partial charge in [-0.3, -0.25) is 9.59 Å². The van der Waals surface area contributed by atoms with Crippen LogP contribution in [0.3, 0.4) is 0 Å². The molecule has 5 nitrogen and oxygen atoms in total. The number of ether oxygens (including phenoxy) is 1. The third kappa shape index (κ3) is 3.07. The standard InChI is InChI=1S/C21H24N2O3S/c1-15-11-22(19(24)17-5-3-16(4-6-17)12-26-2)14-21(15)8-9-23(20(21)25)18-7-10-27-13-18/h3-7,10,13,15H,8-9,11-12,14H2,1-2H3/t15-,21-/m1/s1. The van der Waals surface area contributed by atoms with Gasteiger partial charge in [0.25, 0.3) is 5.91 Å². The first-order chi connectivity index (χ1) is 13.0. The second-order valence-electron chi connectivity index (χ2n) is 7.56. The topological polar surface area (TPSA) is 49.9 Å². The lowest BCUT2D eigenvalue weighted by Gasteiger charge is -2.26. The average molecular weight is 385 g/mol. The lowest BCUT2D eigenvalue weighted by atomic mass is 9.78. The molecule has 2 fully saturated rings. The van der Waals surface area contributed by atoms with E-state index in [0.29, 0.717) is 25.3 Å². The number of nitrogens with zero attached hydrogens (tertiary/aromatic N) is 2. The Hall–Kier alpha value is -2.18. The largest absolute Gasteiger partial charge is 0.380 e. The van der Waals surface area contributed by atoms with Crippen LogP contribution in [0.15, 0.2) is 41.1 Å². The third-order valence-electron chi connectivity index (χ3n) is 5.98. The summed E-state index contributed by atoms with van der Waals surface area (Å²) in [6, 6.07) is 9.53. The molecule has 142 valence electrons. The Labute approximate surface area is 163 Å². The van der Waals surface area contributed by atoms with Crippen molar-refractivity contribution in [2.45, 2.75) is 20.0 Å². The van der Waals surface area contributed by atoms with Gasteiger partial charge in [0.1, 0.15) is 0 Å². The van der Waals surface area contributed by atoms with Gasteiger partial charge in [-0.2, -0.15) is 11.3 Å². The summed E-state index contributed by atoms with van der Waals surface area (Å²) >= 11 is 1.60. The Balaban J connectivity index is 1.51. The highest BCUT2D eigenvalue weighted by atomic mass is 32.1. The molecule has 1 aromatic heterocycles. The lowest BCUT2D eigenvalue weighted by molar-refractivity contribution is -0.126. The zero-order chi connectivity index (χ0) is 19.0. The van der Waals surface area contributed by atoms with E-state index in [1.165, 1.54) is 0 Å². The Kier molecular flexibility index (Phi) is 4.78. The van der Waals surface area contributed by atoms with Crippen molar-refractivity contribution in [1.82, 2.24) is 4.90 Å². The number of thiophene rings is 1. The molecule has 0 aliphatic carbocycles. The van der Waals surface area contributed by atoms with Crippen LogP contribution in [0.2, 0.25) is 0 Å². The van der Waals surface area contributed by atoms with Gasteiger partial charge in [-0.1, -0.05) is 19.1 Å². The highest BCUT2D eigenvalue weighted by Crippen LogP contribution is 2.46. The molecule has 2 amide bonds. The van der Waals surface area contributed by atoms with Crippen molar-refractivity contribution in [3.8, 4) is 0 Å². The van der Waals surface area contributed by atoms with Crippen LogP contribution in [0.5, 0.6) is 0 Å². The zero-order valence-corrected chi connectivity index (χ0v) is 16.5. The minimum atomic E-state index is -0.451. The number of carbonyl (C=O) groups excluding carboxylic acids is 2. The molecule has 3 heterocycles. The predicted octanol–water partition coefficient (Wildman–Crippen LogP) is 3.41. The molecule has 6 heteroatoms.